The lowest BCUT2D eigenvalue weighted by Gasteiger charge is -2.20. The first kappa shape index (κ1) is 15.3. The van der Waals surface area contributed by atoms with Gasteiger partial charge >= 0.3 is 0 Å². The molecule has 4 nitrogen and oxygen atoms in total. The van der Waals surface area contributed by atoms with Crippen molar-refractivity contribution in [2.75, 3.05) is 6.54 Å². The third-order valence-electron chi connectivity index (χ3n) is 3.17. The molecule has 0 fully saturated rings. The van der Waals surface area contributed by atoms with E-state index >= 15 is 0 Å². The Balaban J connectivity index is 2.24. The van der Waals surface area contributed by atoms with Crippen LogP contribution < -0.4 is 5.32 Å². The maximum atomic E-state index is 6.32. The maximum absolute atomic E-state index is 6.32. The number of benzene rings is 1. The van der Waals surface area contributed by atoms with E-state index in [-0.39, 0.29) is 6.04 Å². The summed E-state index contributed by atoms with van der Waals surface area (Å²) in [4.78, 5) is 4.28. The first-order valence-corrected chi connectivity index (χ1v) is 7.38. The summed E-state index contributed by atoms with van der Waals surface area (Å²) in [6, 6.07) is 5.70. The van der Waals surface area contributed by atoms with Crippen molar-refractivity contribution in [2.24, 2.45) is 7.05 Å². The van der Waals surface area contributed by atoms with E-state index in [2.05, 4.69) is 22.3 Å². The number of rotatable bonds is 6. The van der Waals surface area contributed by atoms with Crippen LogP contribution in [0, 0.1) is 0 Å². The molecule has 0 radical (unpaired) electrons. The third kappa shape index (κ3) is 3.72. The van der Waals surface area contributed by atoms with Gasteiger partial charge in [-0.3, -0.25) is 4.68 Å². The molecule has 0 amide bonds. The summed E-state index contributed by atoms with van der Waals surface area (Å²) in [5.74, 6) is 0.921. The standard InChI is InChI=1S/C14H18Cl2N4/c1-3-6-17-13(8-14-18-9-19-20(14)2)11-5-4-10(15)7-12(11)16/h4-5,7,9,13,17H,3,6,8H2,1-2H3. The molecule has 0 spiro atoms. The maximum Gasteiger partial charge on any atom is 0.138 e. The Labute approximate surface area is 129 Å². The second-order valence-corrected chi connectivity index (χ2v) is 5.52. The smallest absolute Gasteiger partial charge is 0.138 e. The van der Waals surface area contributed by atoms with E-state index in [1.807, 2.05) is 19.2 Å². The van der Waals surface area contributed by atoms with E-state index in [9.17, 15) is 0 Å². The molecule has 1 N–H and O–H groups in total. The quantitative estimate of drug-likeness (QED) is 0.889. The number of halogens is 2. The van der Waals surface area contributed by atoms with Gasteiger partial charge < -0.3 is 5.32 Å². The molecule has 0 bridgehead atoms. The molecule has 0 saturated carbocycles. The van der Waals surface area contributed by atoms with Gasteiger partial charge in [0.05, 0.1) is 0 Å². The number of aromatic nitrogens is 3. The first-order chi connectivity index (χ1) is 9.61. The first-order valence-electron chi connectivity index (χ1n) is 6.63. The zero-order chi connectivity index (χ0) is 14.5. The summed E-state index contributed by atoms with van der Waals surface area (Å²) in [6.07, 6.45) is 3.36. The lowest BCUT2D eigenvalue weighted by Crippen LogP contribution is -2.25. The van der Waals surface area contributed by atoms with Gasteiger partial charge in [-0.2, -0.15) is 5.10 Å². The van der Waals surface area contributed by atoms with Gasteiger partial charge in [-0.05, 0) is 30.7 Å². The average molecular weight is 313 g/mol. The lowest BCUT2D eigenvalue weighted by atomic mass is 10.0. The molecule has 2 rings (SSSR count). The summed E-state index contributed by atoms with van der Waals surface area (Å²) in [5.41, 5.74) is 1.03. The highest BCUT2D eigenvalue weighted by atomic mass is 35.5. The van der Waals surface area contributed by atoms with Gasteiger partial charge in [-0.1, -0.05) is 36.2 Å². The largest absolute Gasteiger partial charge is 0.310 e. The summed E-state index contributed by atoms with van der Waals surface area (Å²) in [7, 11) is 1.89. The van der Waals surface area contributed by atoms with Gasteiger partial charge in [0.25, 0.3) is 0 Å². The van der Waals surface area contributed by atoms with E-state index in [1.54, 1.807) is 17.1 Å². The number of hydrogen-bond donors (Lipinski definition) is 1. The Morgan fingerprint density at radius 3 is 2.75 bits per heavy atom. The predicted octanol–water partition coefficient (Wildman–Crippen LogP) is 3.41. The minimum Gasteiger partial charge on any atom is -0.310 e. The zero-order valence-electron chi connectivity index (χ0n) is 11.6. The van der Waals surface area contributed by atoms with Crippen molar-refractivity contribution in [3.63, 3.8) is 0 Å². The molecular weight excluding hydrogens is 295 g/mol. The summed E-state index contributed by atoms with van der Waals surface area (Å²) >= 11 is 12.3. The van der Waals surface area contributed by atoms with Crippen LogP contribution in [0.1, 0.15) is 30.8 Å². The summed E-state index contributed by atoms with van der Waals surface area (Å²) < 4.78 is 1.78. The molecule has 0 aliphatic heterocycles. The topological polar surface area (TPSA) is 42.7 Å². The Hall–Kier alpha value is -1.10. The monoisotopic (exact) mass is 312 g/mol. The highest BCUT2D eigenvalue weighted by Crippen LogP contribution is 2.28. The molecule has 20 heavy (non-hydrogen) atoms. The molecule has 0 aliphatic rings. The van der Waals surface area contributed by atoms with Crippen LogP contribution in [0.4, 0.5) is 0 Å². The molecule has 108 valence electrons. The second-order valence-electron chi connectivity index (χ2n) is 4.68. The van der Waals surface area contributed by atoms with E-state index in [0.717, 1.165) is 30.8 Å². The molecule has 6 heteroatoms. The van der Waals surface area contributed by atoms with Gasteiger partial charge in [0.1, 0.15) is 12.2 Å². The van der Waals surface area contributed by atoms with Gasteiger partial charge in [0, 0.05) is 29.6 Å². The minimum atomic E-state index is 0.0996. The lowest BCUT2D eigenvalue weighted by molar-refractivity contribution is 0.506. The van der Waals surface area contributed by atoms with Crippen LogP contribution >= 0.6 is 23.2 Å². The second kappa shape index (κ2) is 7.07. The average Bonchev–Trinajstić information content (AvgIpc) is 2.80. The fourth-order valence-electron chi connectivity index (χ4n) is 2.08. The van der Waals surface area contributed by atoms with E-state index < -0.39 is 0 Å². The highest BCUT2D eigenvalue weighted by Gasteiger charge is 2.17. The third-order valence-corrected chi connectivity index (χ3v) is 3.73. The Kier molecular flexibility index (Phi) is 5.40. The van der Waals surface area contributed by atoms with E-state index in [1.165, 1.54) is 0 Å². The predicted molar refractivity (Wildman–Crippen MR) is 82.2 cm³/mol. The molecule has 1 heterocycles. The zero-order valence-corrected chi connectivity index (χ0v) is 13.1. The molecule has 0 aliphatic carbocycles. The van der Waals surface area contributed by atoms with Crippen LogP contribution in [0.25, 0.3) is 0 Å². The van der Waals surface area contributed by atoms with Crippen molar-refractivity contribution in [3.05, 3.63) is 46.0 Å². The fourth-order valence-corrected chi connectivity index (χ4v) is 2.62. The van der Waals surface area contributed by atoms with Crippen molar-refractivity contribution in [1.82, 2.24) is 20.1 Å². The highest BCUT2D eigenvalue weighted by molar-refractivity contribution is 6.35. The molecule has 0 saturated heterocycles. The number of hydrogen-bond acceptors (Lipinski definition) is 3. The van der Waals surface area contributed by atoms with Crippen LogP contribution in [0.2, 0.25) is 10.0 Å². The Morgan fingerprint density at radius 1 is 1.35 bits per heavy atom. The SMILES string of the molecule is CCCNC(Cc1ncnn1C)c1ccc(Cl)cc1Cl. The molecule has 2 aromatic rings. The van der Waals surface area contributed by atoms with E-state index in [0.29, 0.717) is 10.0 Å². The van der Waals surface area contributed by atoms with Crippen molar-refractivity contribution in [1.29, 1.82) is 0 Å². The molecule has 1 atom stereocenters. The molecule has 1 aromatic carbocycles. The Bertz CT molecular complexity index is 568. The number of nitrogens with zero attached hydrogens (tertiary/aromatic N) is 3. The number of aryl methyl sites for hydroxylation is 1. The van der Waals surface area contributed by atoms with Gasteiger partial charge in [-0.25, -0.2) is 4.98 Å². The van der Waals surface area contributed by atoms with Crippen molar-refractivity contribution >= 4 is 23.2 Å². The molecular formula is C14H18Cl2N4. The number of nitrogens with one attached hydrogen (secondary N) is 1. The summed E-state index contributed by atoms with van der Waals surface area (Å²) in [6.45, 7) is 3.05. The normalized spacial score (nSPS) is 12.6. The van der Waals surface area contributed by atoms with Crippen LogP contribution in [0.5, 0.6) is 0 Å². The molecule has 1 unspecified atom stereocenters. The van der Waals surface area contributed by atoms with Crippen LogP contribution in [-0.4, -0.2) is 21.3 Å². The fraction of sp³-hybridized carbons (Fsp3) is 0.429. The van der Waals surface area contributed by atoms with Crippen molar-refractivity contribution < 1.29 is 0 Å². The minimum absolute atomic E-state index is 0.0996. The van der Waals surface area contributed by atoms with Crippen LogP contribution in [-0.2, 0) is 13.5 Å². The van der Waals surface area contributed by atoms with Crippen molar-refractivity contribution in [3.8, 4) is 0 Å². The van der Waals surface area contributed by atoms with Gasteiger partial charge in [-0.15, -0.1) is 0 Å². The van der Waals surface area contributed by atoms with Crippen molar-refractivity contribution in [2.45, 2.75) is 25.8 Å². The van der Waals surface area contributed by atoms with Crippen LogP contribution in [0.15, 0.2) is 24.5 Å². The van der Waals surface area contributed by atoms with Crippen LogP contribution in [0.3, 0.4) is 0 Å². The van der Waals surface area contributed by atoms with Gasteiger partial charge in [0.2, 0.25) is 0 Å². The summed E-state index contributed by atoms with van der Waals surface area (Å²) in [5, 5.41) is 8.93. The van der Waals surface area contributed by atoms with Gasteiger partial charge in [0.15, 0.2) is 0 Å². The Morgan fingerprint density at radius 2 is 2.15 bits per heavy atom. The molecule has 1 aromatic heterocycles. The van der Waals surface area contributed by atoms with E-state index in [4.69, 9.17) is 23.2 Å².